The summed E-state index contributed by atoms with van der Waals surface area (Å²) in [5.41, 5.74) is 1.26. The van der Waals surface area contributed by atoms with Crippen LogP contribution in [0.1, 0.15) is 37.8 Å². The number of nitrogens with one attached hydrogen (secondary N) is 1. The predicted octanol–water partition coefficient (Wildman–Crippen LogP) is 5.44. The van der Waals surface area contributed by atoms with Gasteiger partial charge in [-0.15, -0.1) is 0 Å². The van der Waals surface area contributed by atoms with Crippen molar-refractivity contribution in [3.05, 3.63) is 65.2 Å². The molecular weight excluding hydrogens is 525 g/mol. The van der Waals surface area contributed by atoms with Crippen LogP contribution in [0.3, 0.4) is 0 Å². The van der Waals surface area contributed by atoms with Gasteiger partial charge in [-0.05, 0) is 62.7 Å². The summed E-state index contributed by atoms with van der Waals surface area (Å²) in [5, 5.41) is 9.99. The maximum atomic E-state index is 14.5. The summed E-state index contributed by atoms with van der Waals surface area (Å²) in [6.45, 7) is 6.86. The summed E-state index contributed by atoms with van der Waals surface area (Å²) in [6, 6.07) is 10.7. The maximum Gasteiger partial charge on any atom is 0.490 e. The highest BCUT2D eigenvalue weighted by molar-refractivity contribution is 5.74. The van der Waals surface area contributed by atoms with Crippen LogP contribution in [0.25, 0.3) is 0 Å². The predicted molar refractivity (Wildman–Crippen MR) is 135 cm³/mol. The number of carboxylic acids is 1. The van der Waals surface area contributed by atoms with Gasteiger partial charge in [-0.1, -0.05) is 32.0 Å². The number of carbonyl (C=O) groups excluding carboxylic acids is 1. The largest absolute Gasteiger partial charge is 0.493 e. The van der Waals surface area contributed by atoms with Crippen LogP contribution >= 0.6 is 0 Å². The summed E-state index contributed by atoms with van der Waals surface area (Å²) >= 11 is 0. The Hall–Kier alpha value is -3.41. The monoisotopic (exact) mass is 559 g/mol. The Bertz CT molecular complexity index is 1070. The molecule has 0 unspecified atom stereocenters. The van der Waals surface area contributed by atoms with Crippen LogP contribution in [0.5, 0.6) is 5.75 Å². The Kier molecular flexibility index (Phi) is 12.0. The minimum absolute atomic E-state index is 0.0768. The fourth-order valence-electron chi connectivity index (χ4n) is 3.76. The molecule has 2 aromatic carbocycles. The highest BCUT2D eigenvalue weighted by Gasteiger charge is 2.38. The first-order valence-corrected chi connectivity index (χ1v) is 12.4. The maximum absolute atomic E-state index is 14.5. The van der Waals surface area contributed by atoms with Gasteiger partial charge in [-0.3, -0.25) is 0 Å². The number of hydrogen-bond donors (Lipinski definition) is 2. The molecule has 3 rings (SSSR count). The number of ether oxygens (including phenoxy) is 1. The van der Waals surface area contributed by atoms with E-state index in [0.29, 0.717) is 30.4 Å². The molecule has 0 aliphatic carbocycles. The quantitative estimate of drug-likeness (QED) is 0.421. The second-order valence-electron chi connectivity index (χ2n) is 9.71. The van der Waals surface area contributed by atoms with Crippen molar-refractivity contribution in [2.24, 2.45) is 5.92 Å². The van der Waals surface area contributed by atoms with Crippen LogP contribution in [0.15, 0.2) is 42.5 Å². The topological polar surface area (TPSA) is 82.1 Å². The number of carboxylic acid groups (broad SMARTS) is 1. The third-order valence-corrected chi connectivity index (χ3v) is 5.94. The number of urea groups is 1. The molecular formula is C27H34F5N3O4. The van der Waals surface area contributed by atoms with Crippen LogP contribution in [-0.2, 0) is 17.9 Å². The van der Waals surface area contributed by atoms with Gasteiger partial charge in [0.05, 0.1) is 6.61 Å². The van der Waals surface area contributed by atoms with E-state index in [1.165, 1.54) is 18.2 Å². The fraction of sp³-hybridized carbons (Fsp3) is 0.481. The zero-order chi connectivity index (χ0) is 29.2. The van der Waals surface area contributed by atoms with Gasteiger partial charge < -0.3 is 25.0 Å². The van der Waals surface area contributed by atoms with E-state index in [0.717, 1.165) is 31.5 Å². The third kappa shape index (κ3) is 11.1. The van der Waals surface area contributed by atoms with Crippen LogP contribution in [0.2, 0.25) is 0 Å². The van der Waals surface area contributed by atoms with E-state index in [1.807, 2.05) is 13.8 Å². The van der Waals surface area contributed by atoms with E-state index in [1.54, 1.807) is 29.2 Å². The Morgan fingerprint density at radius 2 is 1.69 bits per heavy atom. The molecule has 0 spiro atoms. The van der Waals surface area contributed by atoms with Crippen molar-refractivity contribution in [3.63, 3.8) is 0 Å². The molecule has 0 radical (unpaired) electrons. The van der Waals surface area contributed by atoms with E-state index in [9.17, 15) is 26.7 Å². The van der Waals surface area contributed by atoms with E-state index < -0.39 is 18.0 Å². The molecule has 0 saturated carbocycles. The molecule has 1 saturated heterocycles. The molecule has 1 aliphatic heterocycles. The highest BCUT2D eigenvalue weighted by Crippen LogP contribution is 2.21. The average Bonchev–Trinajstić information content (AvgIpc) is 2.87. The first-order chi connectivity index (χ1) is 18.3. The van der Waals surface area contributed by atoms with Crippen LogP contribution < -0.4 is 10.1 Å². The number of amides is 2. The number of hydrogen-bond acceptors (Lipinski definition) is 4. The minimum atomic E-state index is -5.08. The molecule has 1 heterocycles. The second-order valence-corrected chi connectivity index (χ2v) is 9.71. The molecule has 1 aliphatic rings. The first-order valence-electron chi connectivity index (χ1n) is 12.4. The van der Waals surface area contributed by atoms with Gasteiger partial charge in [-0.25, -0.2) is 18.4 Å². The summed E-state index contributed by atoms with van der Waals surface area (Å²) in [6.07, 6.45) is -3.36. The van der Waals surface area contributed by atoms with Gasteiger partial charge in [-0.2, -0.15) is 13.2 Å². The molecule has 2 aromatic rings. The van der Waals surface area contributed by atoms with E-state index in [2.05, 4.69) is 17.3 Å². The molecule has 39 heavy (non-hydrogen) atoms. The number of rotatable bonds is 8. The molecule has 7 nitrogen and oxygen atoms in total. The standard InChI is InChI=1S/C25H33F2N3O2.C2HF3O2/c1-18(2)17-32-23-9-6-20(24(27)14-23)15-28-25(31)30(22-10-12-29(3)13-11-22)16-19-4-7-21(26)8-5-19;3-2(4,5)1(6)7/h4-9,14,18,22H,10-13,15-17H2,1-3H3,(H,28,31);(H,6,7). The number of aliphatic carboxylic acids is 1. The Morgan fingerprint density at radius 1 is 1.10 bits per heavy atom. The molecule has 2 N–H and O–H groups in total. The van der Waals surface area contributed by atoms with Crippen molar-refractivity contribution in [3.8, 4) is 5.75 Å². The van der Waals surface area contributed by atoms with Gasteiger partial charge in [0.2, 0.25) is 0 Å². The second kappa shape index (κ2) is 14.7. The van der Waals surface area contributed by atoms with Crippen molar-refractivity contribution < 1.29 is 41.4 Å². The fourth-order valence-corrected chi connectivity index (χ4v) is 3.76. The number of carbonyl (C=O) groups is 2. The van der Waals surface area contributed by atoms with Crippen LogP contribution in [0.4, 0.5) is 26.7 Å². The normalized spacial score (nSPS) is 14.4. The van der Waals surface area contributed by atoms with Gasteiger partial charge in [0.1, 0.15) is 17.4 Å². The number of piperidine rings is 1. The third-order valence-electron chi connectivity index (χ3n) is 5.94. The lowest BCUT2D eigenvalue weighted by Crippen LogP contribution is -2.49. The highest BCUT2D eigenvalue weighted by atomic mass is 19.4. The summed E-state index contributed by atoms with van der Waals surface area (Å²) in [5.74, 6) is -2.64. The molecule has 0 bridgehead atoms. The lowest BCUT2D eigenvalue weighted by Gasteiger charge is -2.37. The lowest BCUT2D eigenvalue weighted by atomic mass is 10.0. The lowest BCUT2D eigenvalue weighted by molar-refractivity contribution is -0.192. The van der Waals surface area contributed by atoms with E-state index >= 15 is 0 Å². The summed E-state index contributed by atoms with van der Waals surface area (Å²) in [7, 11) is 2.07. The van der Waals surface area contributed by atoms with Crippen LogP contribution in [-0.4, -0.2) is 65.9 Å². The number of alkyl halides is 3. The minimum Gasteiger partial charge on any atom is -0.493 e. The van der Waals surface area contributed by atoms with Gasteiger partial charge in [0.15, 0.2) is 0 Å². The average molecular weight is 560 g/mol. The Balaban J connectivity index is 0.000000673. The SMILES string of the molecule is CC(C)COc1ccc(CNC(=O)N(Cc2ccc(F)cc2)C2CCN(C)CC2)c(F)c1.O=C(O)C(F)(F)F. The zero-order valence-corrected chi connectivity index (χ0v) is 22.1. The van der Waals surface area contributed by atoms with E-state index in [4.69, 9.17) is 14.6 Å². The van der Waals surface area contributed by atoms with Crippen molar-refractivity contribution in [2.75, 3.05) is 26.7 Å². The van der Waals surface area contributed by atoms with Gasteiger partial charge in [0, 0.05) is 30.8 Å². The van der Waals surface area contributed by atoms with Gasteiger partial charge in [0.25, 0.3) is 0 Å². The van der Waals surface area contributed by atoms with Gasteiger partial charge >= 0.3 is 18.2 Å². The first kappa shape index (κ1) is 31.8. The number of halogens is 5. The molecule has 0 aromatic heterocycles. The van der Waals surface area contributed by atoms with Crippen molar-refractivity contribution in [1.29, 1.82) is 0 Å². The van der Waals surface area contributed by atoms with Crippen molar-refractivity contribution >= 4 is 12.0 Å². The molecule has 12 heteroatoms. The van der Waals surface area contributed by atoms with Crippen molar-refractivity contribution in [2.45, 2.75) is 52.0 Å². The number of likely N-dealkylation sites (tertiary alicyclic amines) is 1. The molecule has 1 fully saturated rings. The Labute approximate surface area is 224 Å². The molecule has 216 valence electrons. The molecule has 0 atom stereocenters. The number of benzene rings is 2. The molecule has 2 amide bonds. The van der Waals surface area contributed by atoms with E-state index in [-0.39, 0.29) is 24.4 Å². The Morgan fingerprint density at radius 3 is 2.21 bits per heavy atom. The smallest absolute Gasteiger partial charge is 0.490 e. The van der Waals surface area contributed by atoms with Crippen LogP contribution in [0, 0.1) is 17.6 Å². The number of nitrogens with zero attached hydrogens (tertiary/aromatic N) is 2. The summed E-state index contributed by atoms with van der Waals surface area (Å²) in [4.78, 5) is 26.0. The zero-order valence-electron chi connectivity index (χ0n) is 22.1. The van der Waals surface area contributed by atoms with Crippen molar-refractivity contribution in [1.82, 2.24) is 15.1 Å². The summed E-state index contributed by atoms with van der Waals surface area (Å²) < 4.78 is 65.1.